The molecule has 1 unspecified atom stereocenters. The van der Waals surface area contributed by atoms with Gasteiger partial charge in [-0.1, -0.05) is 6.92 Å². The van der Waals surface area contributed by atoms with Gasteiger partial charge in [0, 0.05) is 39.4 Å². The molecule has 1 aromatic carbocycles. The van der Waals surface area contributed by atoms with Gasteiger partial charge in [0.2, 0.25) is 5.75 Å². The van der Waals surface area contributed by atoms with E-state index in [-0.39, 0.29) is 5.75 Å². The molecule has 0 amide bonds. The zero-order valence-corrected chi connectivity index (χ0v) is 17.1. The van der Waals surface area contributed by atoms with Gasteiger partial charge in [0.1, 0.15) is 11.8 Å². The van der Waals surface area contributed by atoms with Crippen molar-refractivity contribution in [2.75, 3.05) is 61.9 Å². The number of esters is 1. The third-order valence-electron chi connectivity index (χ3n) is 4.14. The van der Waals surface area contributed by atoms with Crippen molar-refractivity contribution >= 4 is 5.97 Å². The summed E-state index contributed by atoms with van der Waals surface area (Å²) in [5, 5.41) is 0. The van der Waals surface area contributed by atoms with Crippen molar-refractivity contribution in [3.63, 3.8) is 0 Å². The first kappa shape index (κ1) is 23.0. The second-order valence-electron chi connectivity index (χ2n) is 5.73. The molecule has 0 N–H and O–H groups in total. The van der Waals surface area contributed by atoms with Gasteiger partial charge in [-0.25, -0.2) is 4.79 Å². The Bertz CT molecular complexity index is 546. The third kappa shape index (κ3) is 6.57. The smallest absolute Gasteiger partial charge is 0.329 e. The van der Waals surface area contributed by atoms with Crippen LogP contribution in [0.4, 0.5) is 0 Å². The molecule has 0 spiro atoms. The molecule has 0 heterocycles. The molecule has 0 bridgehead atoms. The molecular weight excluding hydrogens is 354 g/mol. The number of nitrogens with zero attached hydrogens (tertiary/aromatic N) is 1. The van der Waals surface area contributed by atoms with Crippen molar-refractivity contribution in [2.24, 2.45) is 0 Å². The molecule has 0 radical (unpaired) electrons. The Balaban J connectivity index is 3.08. The highest BCUT2D eigenvalue weighted by Gasteiger charge is 2.28. The van der Waals surface area contributed by atoms with Crippen molar-refractivity contribution in [3.05, 3.63) is 12.1 Å². The number of carbonyl (C=O) groups is 1. The first-order valence-electron chi connectivity index (χ1n) is 8.79. The Kier molecular flexibility index (Phi) is 10.5. The van der Waals surface area contributed by atoms with Crippen molar-refractivity contribution < 1.29 is 33.2 Å². The summed E-state index contributed by atoms with van der Waals surface area (Å²) in [5.74, 6) is 1.08. The first-order valence-corrected chi connectivity index (χ1v) is 8.79. The molecule has 8 heteroatoms. The van der Waals surface area contributed by atoms with E-state index in [1.807, 2.05) is 11.8 Å². The zero-order valence-electron chi connectivity index (χ0n) is 17.1. The molecular formula is C19H31NO7. The molecule has 0 aliphatic heterocycles. The normalized spacial score (nSPS) is 12.0. The number of ether oxygens (including phenoxy) is 6. The Morgan fingerprint density at radius 2 is 1.44 bits per heavy atom. The molecule has 1 atom stereocenters. The molecule has 0 aromatic heterocycles. The number of hydrogen-bond donors (Lipinski definition) is 0. The Labute approximate surface area is 161 Å². The maximum atomic E-state index is 12.9. The van der Waals surface area contributed by atoms with Crippen LogP contribution in [0.2, 0.25) is 0 Å². The summed E-state index contributed by atoms with van der Waals surface area (Å²) in [6, 6.07) is 2.83. The zero-order chi connectivity index (χ0) is 20.2. The van der Waals surface area contributed by atoms with E-state index in [4.69, 9.17) is 28.4 Å². The van der Waals surface area contributed by atoms with Crippen molar-refractivity contribution in [2.45, 2.75) is 19.4 Å². The summed E-state index contributed by atoms with van der Waals surface area (Å²) in [6.07, 6.45) is 0.576. The molecule has 27 heavy (non-hydrogen) atoms. The Morgan fingerprint density at radius 1 is 0.926 bits per heavy atom. The van der Waals surface area contributed by atoms with Crippen LogP contribution in [0.5, 0.6) is 23.0 Å². The summed E-state index contributed by atoms with van der Waals surface area (Å²) in [4.78, 5) is 14.9. The minimum Gasteiger partial charge on any atom is -0.496 e. The number of hydrogen-bond acceptors (Lipinski definition) is 8. The molecule has 1 rings (SSSR count). The van der Waals surface area contributed by atoms with Crippen LogP contribution in [0.15, 0.2) is 12.1 Å². The Morgan fingerprint density at radius 3 is 1.81 bits per heavy atom. The predicted molar refractivity (Wildman–Crippen MR) is 101 cm³/mol. The highest BCUT2D eigenvalue weighted by molar-refractivity contribution is 5.80. The van der Waals surface area contributed by atoms with E-state index in [0.29, 0.717) is 50.0 Å². The standard InChI is InChI=1S/C19H31NO7/c1-7-15(20(8-10-22-2)9-11-23-3)19(21)27-18-16(25-5)12-14(24-4)13-17(18)26-6/h12-13,15H,7-11H2,1-6H3. The van der Waals surface area contributed by atoms with Crippen molar-refractivity contribution in [3.8, 4) is 23.0 Å². The van der Waals surface area contributed by atoms with Gasteiger partial charge in [-0.2, -0.15) is 0 Å². The lowest BCUT2D eigenvalue weighted by Gasteiger charge is -2.29. The second kappa shape index (κ2) is 12.4. The highest BCUT2D eigenvalue weighted by Crippen LogP contribution is 2.41. The molecule has 154 valence electrons. The van der Waals surface area contributed by atoms with Crippen LogP contribution in [0.3, 0.4) is 0 Å². The third-order valence-corrected chi connectivity index (χ3v) is 4.14. The van der Waals surface area contributed by atoms with Gasteiger partial charge >= 0.3 is 5.97 Å². The van der Waals surface area contributed by atoms with E-state index < -0.39 is 12.0 Å². The predicted octanol–water partition coefficient (Wildman–Crippen LogP) is 1.99. The van der Waals surface area contributed by atoms with Gasteiger partial charge in [0.15, 0.2) is 11.5 Å². The van der Waals surface area contributed by atoms with E-state index in [9.17, 15) is 4.79 Å². The van der Waals surface area contributed by atoms with Gasteiger partial charge in [-0.15, -0.1) is 0 Å². The fourth-order valence-electron chi connectivity index (χ4n) is 2.66. The SMILES string of the molecule is CCC(C(=O)Oc1c(OC)cc(OC)cc1OC)N(CCOC)CCOC. The van der Waals surface area contributed by atoms with Crippen LogP contribution < -0.4 is 18.9 Å². The molecule has 0 aliphatic carbocycles. The van der Waals surface area contributed by atoms with Crippen LogP contribution >= 0.6 is 0 Å². The van der Waals surface area contributed by atoms with E-state index in [1.165, 1.54) is 21.3 Å². The van der Waals surface area contributed by atoms with Gasteiger partial charge in [0.25, 0.3) is 0 Å². The molecule has 0 saturated heterocycles. The fraction of sp³-hybridized carbons (Fsp3) is 0.632. The average molecular weight is 385 g/mol. The minimum absolute atomic E-state index is 0.225. The lowest BCUT2D eigenvalue weighted by molar-refractivity contribution is -0.141. The molecule has 0 fully saturated rings. The molecule has 8 nitrogen and oxygen atoms in total. The number of methoxy groups -OCH3 is 5. The van der Waals surface area contributed by atoms with Gasteiger partial charge < -0.3 is 28.4 Å². The van der Waals surface area contributed by atoms with Gasteiger partial charge in [-0.05, 0) is 6.42 Å². The van der Waals surface area contributed by atoms with E-state index in [0.717, 1.165) is 0 Å². The molecule has 1 aromatic rings. The molecule has 0 aliphatic rings. The van der Waals surface area contributed by atoms with Crippen molar-refractivity contribution in [1.29, 1.82) is 0 Å². The summed E-state index contributed by atoms with van der Waals surface area (Å²) in [7, 11) is 7.77. The van der Waals surface area contributed by atoms with Crippen molar-refractivity contribution in [1.82, 2.24) is 4.90 Å². The second-order valence-corrected chi connectivity index (χ2v) is 5.73. The highest BCUT2D eigenvalue weighted by atomic mass is 16.6. The number of rotatable bonds is 13. The summed E-state index contributed by atoms with van der Waals surface area (Å²) in [5.41, 5.74) is 0. The van der Waals surface area contributed by atoms with Crippen LogP contribution in [-0.4, -0.2) is 78.8 Å². The van der Waals surface area contributed by atoms with E-state index >= 15 is 0 Å². The topological polar surface area (TPSA) is 75.7 Å². The largest absolute Gasteiger partial charge is 0.496 e. The van der Waals surface area contributed by atoms with Crippen LogP contribution in [-0.2, 0) is 14.3 Å². The van der Waals surface area contributed by atoms with E-state index in [1.54, 1.807) is 26.4 Å². The first-order chi connectivity index (χ1) is 13.1. The monoisotopic (exact) mass is 385 g/mol. The summed E-state index contributed by atoms with van der Waals surface area (Å²) < 4.78 is 31.9. The van der Waals surface area contributed by atoms with Crippen LogP contribution in [0, 0.1) is 0 Å². The lowest BCUT2D eigenvalue weighted by Crippen LogP contribution is -2.46. The average Bonchev–Trinajstić information content (AvgIpc) is 2.69. The Hall–Kier alpha value is -2.03. The fourth-order valence-corrected chi connectivity index (χ4v) is 2.66. The molecule has 0 saturated carbocycles. The number of benzene rings is 1. The quantitative estimate of drug-likeness (QED) is 0.377. The maximum absolute atomic E-state index is 12.9. The van der Waals surface area contributed by atoms with Gasteiger partial charge in [0.05, 0.1) is 34.5 Å². The minimum atomic E-state index is -0.452. The van der Waals surface area contributed by atoms with Gasteiger partial charge in [-0.3, -0.25) is 4.90 Å². The van der Waals surface area contributed by atoms with E-state index in [2.05, 4.69) is 0 Å². The van der Waals surface area contributed by atoms with Crippen LogP contribution in [0.25, 0.3) is 0 Å². The summed E-state index contributed by atoms with van der Waals surface area (Å²) in [6.45, 7) is 4.11. The summed E-state index contributed by atoms with van der Waals surface area (Å²) >= 11 is 0. The van der Waals surface area contributed by atoms with Crippen LogP contribution in [0.1, 0.15) is 13.3 Å². The maximum Gasteiger partial charge on any atom is 0.329 e. The lowest BCUT2D eigenvalue weighted by atomic mass is 10.2. The number of carbonyl (C=O) groups excluding carboxylic acids is 1.